The molecule has 3 aromatic rings. The molecule has 4 rings (SSSR count). The molecule has 2 heterocycles. The van der Waals surface area contributed by atoms with E-state index in [1.165, 1.54) is 5.56 Å². The summed E-state index contributed by atoms with van der Waals surface area (Å²) in [5.74, 6) is 0. The van der Waals surface area contributed by atoms with Crippen LogP contribution in [0.5, 0.6) is 0 Å². The van der Waals surface area contributed by atoms with Crippen molar-refractivity contribution in [1.82, 2.24) is 14.8 Å². The summed E-state index contributed by atoms with van der Waals surface area (Å²) in [5.41, 5.74) is 5.14. The van der Waals surface area contributed by atoms with Crippen LogP contribution in [0, 0.1) is 0 Å². The third-order valence-electron chi connectivity index (χ3n) is 5.53. The zero-order valence-electron chi connectivity index (χ0n) is 16.9. The van der Waals surface area contributed by atoms with Crippen LogP contribution in [0.4, 0.5) is 5.69 Å². The number of aromatic nitrogens is 1. The van der Waals surface area contributed by atoms with Crippen molar-refractivity contribution in [3.8, 4) is 11.1 Å². The molecular formula is C24H28N4O. The van der Waals surface area contributed by atoms with E-state index in [1.807, 2.05) is 36.4 Å². The molecule has 1 saturated heterocycles. The molecule has 5 heteroatoms. The van der Waals surface area contributed by atoms with E-state index >= 15 is 0 Å². The lowest BCUT2D eigenvalue weighted by Gasteiger charge is -2.32. The summed E-state index contributed by atoms with van der Waals surface area (Å²) < 4.78 is 0. The van der Waals surface area contributed by atoms with E-state index in [-0.39, 0.29) is 5.56 Å². The van der Waals surface area contributed by atoms with Gasteiger partial charge in [-0.2, -0.15) is 0 Å². The Morgan fingerprint density at radius 1 is 0.931 bits per heavy atom. The fourth-order valence-electron chi connectivity index (χ4n) is 3.65. The second-order valence-corrected chi connectivity index (χ2v) is 7.74. The number of H-pyrrole nitrogens is 1. The van der Waals surface area contributed by atoms with Gasteiger partial charge in [0.15, 0.2) is 0 Å². The molecule has 0 unspecified atom stereocenters. The van der Waals surface area contributed by atoms with Gasteiger partial charge in [0, 0.05) is 56.7 Å². The van der Waals surface area contributed by atoms with Crippen LogP contribution in [0.2, 0.25) is 0 Å². The summed E-state index contributed by atoms with van der Waals surface area (Å²) >= 11 is 0. The van der Waals surface area contributed by atoms with E-state index < -0.39 is 0 Å². The number of nitrogens with one attached hydrogen (secondary N) is 2. The van der Waals surface area contributed by atoms with Crippen LogP contribution in [-0.4, -0.2) is 48.0 Å². The van der Waals surface area contributed by atoms with Crippen LogP contribution in [0.1, 0.15) is 11.1 Å². The van der Waals surface area contributed by atoms with Gasteiger partial charge in [-0.15, -0.1) is 0 Å². The highest BCUT2D eigenvalue weighted by Crippen LogP contribution is 2.18. The minimum absolute atomic E-state index is 0.0520. The highest BCUT2D eigenvalue weighted by Gasteiger charge is 2.13. The van der Waals surface area contributed by atoms with E-state index in [0.717, 1.165) is 55.1 Å². The Morgan fingerprint density at radius 3 is 2.38 bits per heavy atom. The smallest absolute Gasteiger partial charge is 0.252 e. The van der Waals surface area contributed by atoms with E-state index in [0.29, 0.717) is 6.54 Å². The molecule has 1 aromatic heterocycles. The second-order valence-electron chi connectivity index (χ2n) is 7.74. The van der Waals surface area contributed by atoms with Gasteiger partial charge in [-0.3, -0.25) is 9.69 Å². The minimum Gasteiger partial charge on any atom is -0.381 e. The third-order valence-corrected chi connectivity index (χ3v) is 5.53. The summed E-state index contributed by atoms with van der Waals surface area (Å²) in [6.45, 7) is 6.00. The number of piperazine rings is 1. The number of anilines is 1. The van der Waals surface area contributed by atoms with E-state index in [1.54, 1.807) is 6.20 Å². The molecule has 1 fully saturated rings. The molecule has 0 atom stereocenters. The van der Waals surface area contributed by atoms with E-state index in [4.69, 9.17) is 0 Å². The highest BCUT2D eigenvalue weighted by atomic mass is 16.1. The largest absolute Gasteiger partial charge is 0.381 e. The Labute approximate surface area is 172 Å². The topological polar surface area (TPSA) is 51.4 Å². The van der Waals surface area contributed by atoms with Crippen molar-refractivity contribution in [2.24, 2.45) is 0 Å². The summed E-state index contributed by atoms with van der Waals surface area (Å²) in [6.07, 6.45) is 1.77. The van der Waals surface area contributed by atoms with Gasteiger partial charge in [0.2, 0.25) is 0 Å². The van der Waals surface area contributed by atoms with Crippen molar-refractivity contribution in [3.63, 3.8) is 0 Å². The SMILES string of the molecule is CN1CCN(Cc2ccc(NCc3cc(-c4ccccc4)c[nH]c3=O)cc2)CC1. The van der Waals surface area contributed by atoms with Gasteiger partial charge in [0.05, 0.1) is 0 Å². The van der Waals surface area contributed by atoms with Gasteiger partial charge in [-0.25, -0.2) is 0 Å². The van der Waals surface area contributed by atoms with Gasteiger partial charge >= 0.3 is 0 Å². The maximum absolute atomic E-state index is 12.2. The first-order valence-corrected chi connectivity index (χ1v) is 10.2. The molecule has 2 aromatic carbocycles. The number of aromatic amines is 1. The molecule has 1 aliphatic heterocycles. The lowest BCUT2D eigenvalue weighted by atomic mass is 10.1. The number of hydrogen-bond acceptors (Lipinski definition) is 4. The lowest BCUT2D eigenvalue weighted by Crippen LogP contribution is -2.43. The summed E-state index contributed by atoms with van der Waals surface area (Å²) in [7, 11) is 2.18. The Morgan fingerprint density at radius 2 is 1.66 bits per heavy atom. The summed E-state index contributed by atoms with van der Waals surface area (Å²) in [5, 5.41) is 3.38. The Balaban J connectivity index is 1.37. The van der Waals surface area contributed by atoms with Crippen LogP contribution in [0.3, 0.4) is 0 Å². The number of hydrogen-bond donors (Lipinski definition) is 2. The van der Waals surface area contributed by atoms with Gasteiger partial charge in [-0.05, 0) is 41.9 Å². The first-order chi connectivity index (χ1) is 14.2. The quantitative estimate of drug-likeness (QED) is 0.680. The minimum atomic E-state index is -0.0520. The molecule has 5 nitrogen and oxygen atoms in total. The summed E-state index contributed by atoms with van der Waals surface area (Å²) in [6, 6.07) is 20.6. The van der Waals surface area contributed by atoms with Crippen molar-refractivity contribution in [2.75, 3.05) is 38.5 Å². The molecule has 0 aliphatic carbocycles. The molecule has 1 aliphatic rings. The Hall–Kier alpha value is -2.89. The average Bonchev–Trinajstić information content (AvgIpc) is 2.76. The number of likely N-dealkylation sites (N-methyl/N-ethyl adjacent to an activating group) is 1. The Bertz CT molecular complexity index is 974. The van der Waals surface area contributed by atoms with E-state index in [2.05, 4.69) is 51.4 Å². The van der Waals surface area contributed by atoms with Crippen molar-refractivity contribution >= 4 is 5.69 Å². The number of rotatable bonds is 6. The van der Waals surface area contributed by atoms with Crippen molar-refractivity contribution in [1.29, 1.82) is 0 Å². The number of nitrogens with zero attached hydrogens (tertiary/aromatic N) is 2. The molecule has 0 bridgehead atoms. The van der Waals surface area contributed by atoms with Crippen LogP contribution in [-0.2, 0) is 13.1 Å². The van der Waals surface area contributed by atoms with Crippen molar-refractivity contribution in [3.05, 3.63) is 88.3 Å². The van der Waals surface area contributed by atoms with Crippen LogP contribution in [0.25, 0.3) is 11.1 Å². The van der Waals surface area contributed by atoms with Gasteiger partial charge < -0.3 is 15.2 Å². The molecule has 29 heavy (non-hydrogen) atoms. The summed E-state index contributed by atoms with van der Waals surface area (Å²) in [4.78, 5) is 19.9. The number of benzene rings is 2. The van der Waals surface area contributed by atoms with Gasteiger partial charge in [0.25, 0.3) is 5.56 Å². The molecule has 150 valence electrons. The zero-order chi connectivity index (χ0) is 20.1. The predicted molar refractivity (Wildman–Crippen MR) is 119 cm³/mol. The number of pyridine rings is 1. The first-order valence-electron chi connectivity index (χ1n) is 10.2. The molecular weight excluding hydrogens is 360 g/mol. The molecule has 2 N–H and O–H groups in total. The average molecular weight is 389 g/mol. The monoisotopic (exact) mass is 388 g/mol. The fourth-order valence-corrected chi connectivity index (χ4v) is 3.65. The molecule has 0 spiro atoms. The molecule has 0 radical (unpaired) electrons. The second kappa shape index (κ2) is 9.07. The molecule has 0 saturated carbocycles. The predicted octanol–water partition coefficient (Wildman–Crippen LogP) is 3.40. The fraction of sp³-hybridized carbons (Fsp3) is 0.292. The standard InChI is InChI=1S/C24H28N4O/c1-27-11-13-28(14-12-27)18-19-7-9-23(10-8-19)25-17-22-15-21(16-26-24(22)29)20-5-3-2-4-6-20/h2-10,15-16,25H,11-14,17-18H2,1H3,(H,26,29). The van der Waals surface area contributed by atoms with E-state index in [9.17, 15) is 4.79 Å². The maximum Gasteiger partial charge on any atom is 0.252 e. The highest BCUT2D eigenvalue weighted by molar-refractivity contribution is 5.63. The third kappa shape index (κ3) is 5.13. The Kier molecular flexibility index (Phi) is 6.08. The molecule has 0 amide bonds. The van der Waals surface area contributed by atoms with Crippen LogP contribution < -0.4 is 10.9 Å². The maximum atomic E-state index is 12.2. The van der Waals surface area contributed by atoms with Gasteiger partial charge in [0.1, 0.15) is 0 Å². The zero-order valence-corrected chi connectivity index (χ0v) is 16.9. The van der Waals surface area contributed by atoms with Crippen molar-refractivity contribution in [2.45, 2.75) is 13.1 Å². The van der Waals surface area contributed by atoms with Crippen LogP contribution in [0.15, 0.2) is 71.7 Å². The van der Waals surface area contributed by atoms with Crippen molar-refractivity contribution < 1.29 is 0 Å². The van der Waals surface area contributed by atoms with Crippen LogP contribution >= 0.6 is 0 Å². The lowest BCUT2D eigenvalue weighted by molar-refractivity contribution is 0.148. The first kappa shape index (κ1) is 19.4. The normalized spacial score (nSPS) is 15.3. The van der Waals surface area contributed by atoms with Gasteiger partial charge in [-0.1, -0.05) is 42.5 Å².